The Kier molecular flexibility index (Phi) is 8.02. The Morgan fingerprint density at radius 2 is 1.62 bits per heavy atom. The zero-order valence-corrected chi connectivity index (χ0v) is 19.3. The Bertz CT molecular complexity index is 1250. The quantitative estimate of drug-likeness (QED) is 0.416. The fourth-order valence-electron chi connectivity index (χ4n) is 3.71. The molecule has 1 amide bonds. The predicted octanol–water partition coefficient (Wildman–Crippen LogP) is 1.31. The van der Waals surface area contributed by atoms with Gasteiger partial charge in [0.25, 0.3) is 5.56 Å². The van der Waals surface area contributed by atoms with Gasteiger partial charge in [-0.1, -0.05) is 60.7 Å². The number of nitrogens with one attached hydrogen (secondary N) is 2. The lowest BCUT2D eigenvalue weighted by molar-refractivity contribution is -0.126. The van der Waals surface area contributed by atoms with Gasteiger partial charge in [0.2, 0.25) is 5.91 Å². The highest BCUT2D eigenvalue weighted by Crippen LogP contribution is 2.17. The van der Waals surface area contributed by atoms with Crippen LogP contribution in [0, 0.1) is 0 Å². The zero-order chi connectivity index (χ0) is 24.7. The lowest BCUT2D eigenvalue weighted by Crippen LogP contribution is -2.47. The van der Waals surface area contributed by atoms with Crippen LogP contribution in [0.2, 0.25) is 0 Å². The number of rotatable bonds is 10. The first-order valence-corrected chi connectivity index (χ1v) is 11.0. The molecule has 4 N–H and O–H groups in total. The Balaban J connectivity index is 1.82. The topological polar surface area (TPSA) is 130 Å². The van der Waals surface area contributed by atoms with Crippen LogP contribution in [-0.2, 0) is 22.6 Å². The van der Waals surface area contributed by atoms with Crippen molar-refractivity contribution in [2.75, 3.05) is 23.7 Å². The molecule has 1 heterocycles. The van der Waals surface area contributed by atoms with E-state index in [9.17, 15) is 19.2 Å². The number of carbonyl (C=O) groups is 2. The van der Waals surface area contributed by atoms with E-state index in [1.165, 1.54) is 16.4 Å². The van der Waals surface area contributed by atoms with Crippen LogP contribution in [0.15, 0.2) is 70.3 Å². The number of amides is 1. The Morgan fingerprint density at radius 1 is 1.03 bits per heavy atom. The Hall–Kier alpha value is -4.14. The van der Waals surface area contributed by atoms with Gasteiger partial charge in [-0.2, -0.15) is 0 Å². The van der Waals surface area contributed by atoms with Gasteiger partial charge in [0.05, 0.1) is 19.1 Å². The van der Waals surface area contributed by atoms with Gasteiger partial charge in [-0.25, -0.2) is 4.79 Å². The van der Waals surface area contributed by atoms with Crippen molar-refractivity contribution in [3.05, 3.63) is 92.6 Å². The van der Waals surface area contributed by atoms with Crippen molar-refractivity contribution in [1.82, 2.24) is 14.9 Å². The lowest BCUT2D eigenvalue weighted by atomic mass is 10.0. The van der Waals surface area contributed by atoms with E-state index in [-0.39, 0.29) is 36.9 Å². The van der Waals surface area contributed by atoms with Crippen molar-refractivity contribution in [1.29, 1.82) is 0 Å². The van der Waals surface area contributed by atoms with E-state index in [4.69, 9.17) is 5.73 Å². The van der Waals surface area contributed by atoms with Crippen molar-refractivity contribution < 1.29 is 9.59 Å². The average molecular weight is 464 g/mol. The van der Waals surface area contributed by atoms with Gasteiger partial charge in [-0.3, -0.25) is 23.9 Å². The Morgan fingerprint density at radius 3 is 2.18 bits per heavy atom. The number of H-pyrrole nitrogens is 1. The molecule has 178 valence electrons. The summed E-state index contributed by atoms with van der Waals surface area (Å²) in [7, 11) is 0. The number of carbonyl (C=O) groups excluding carboxylic acids is 2. The third-order valence-corrected chi connectivity index (χ3v) is 5.54. The number of aromatic amines is 1. The number of likely N-dealkylation sites (N-methyl/N-ethyl adjacent to an activating group) is 1. The molecule has 0 aliphatic carbocycles. The minimum Gasteiger partial charge on any atom is -0.383 e. The summed E-state index contributed by atoms with van der Waals surface area (Å²) in [5.74, 6) is -0.633. The molecule has 9 nitrogen and oxygen atoms in total. The number of ketones is 1. The van der Waals surface area contributed by atoms with E-state index in [2.05, 4.69) is 10.3 Å². The summed E-state index contributed by atoms with van der Waals surface area (Å²) in [4.78, 5) is 53.8. The molecule has 3 rings (SSSR count). The summed E-state index contributed by atoms with van der Waals surface area (Å²) in [5.41, 5.74) is 6.74. The molecule has 0 aliphatic heterocycles. The van der Waals surface area contributed by atoms with Gasteiger partial charge in [-0.05, 0) is 31.4 Å². The number of hydrogen-bond acceptors (Lipinski definition) is 6. The summed E-state index contributed by atoms with van der Waals surface area (Å²) >= 11 is 0. The molecule has 0 spiro atoms. The molecule has 0 saturated carbocycles. The van der Waals surface area contributed by atoms with Crippen LogP contribution in [-0.4, -0.2) is 40.4 Å². The fraction of sp³-hybridized carbons (Fsp3) is 0.280. The van der Waals surface area contributed by atoms with Gasteiger partial charge in [0, 0.05) is 6.54 Å². The van der Waals surface area contributed by atoms with Crippen LogP contribution in [0.25, 0.3) is 0 Å². The van der Waals surface area contributed by atoms with Crippen molar-refractivity contribution >= 4 is 23.2 Å². The van der Waals surface area contributed by atoms with Gasteiger partial charge in [-0.15, -0.1) is 0 Å². The van der Waals surface area contributed by atoms with E-state index >= 15 is 0 Å². The van der Waals surface area contributed by atoms with Crippen molar-refractivity contribution in [2.24, 2.45) is 0 Å². The second-order valence-electron chi connectivity index (χ2n) is 8.00. The van der Waals surface area contributed by atoms with Gasteiger partial charge in [0.1, 0.15) is 11.5 Å². The minimum atomic E-state index is -0.698. The van der Waals surface area contributed by atoms with Gasteiger partial charge >= 0.3 is 5.69 Å². The first-order valence-electron chi connectivity index (χ1n) is 11.0. The zero-order valence-electron chi connectivity index (χ0n) is 19.3. The first-order chi connectivity index (χ1) is 16.3. The number of anilines is 2. The van der Waals surface area contributed by atoms with Crippen LogP contribution in [0.3, 0.4) is 0 Å². The van der Waals surface area contributed by atoms with Crippen molar-refractivity contribution in [3.63, 3.8) is 0 Å². The van der Waals surface area contributed by atoms with Gasteiger partial charge < -0.3 is 16.0 Å². The number of nitrogens with two attached hydrogens (primary N) is 1. The summed E-state index contributed by atoms with van der Waals surface area (Å²) in [6, 6.07) is 17.9. The highest BCUT2D eigenvalue weighted by atomic mass is 16.2. The van der Waals surface area contributed by atoms with Crippen molar-refractivity contribution in [2.45, 2.75) is 32.9 Å². The molecule has 1 aromatic heterocycles. The monoisotopic (exact) mass is 463 g/mol. The number of Topliss-reactive ketones (excluding diaryl/α,β-unsaturated/α-hetero) is 1. The normalized spacial score (nSPS) is 11.6. The maximum atomic E-state index is 12.8. The summed E-state index contributed by atoms with van der Waals surface area (Å²) in [6.07, 6.45) is 0.360. The molecule has 9 heteroatoms. The molecular weight excluding hydrogens is 434 g/mol. The van der Waals surface area contributed by atoms with Crippen LogP contribution in [0.5, 0.6) is 0 Å². The fourth-order valence-corrected chi connectivity index (χ4v) is 3.71. The number of nitrogens with zero attached hydrogens (tertiary/aromatic N) is 2. The second kappa shape index (κ2) is 11.1. The summed E-state index contributed by atoms with van der Waals surface area (Å²) in [6.45, 7) is 3.45. The number of aromatic nitrogens is 2. The molecule has 2 aromatic carbocycles. The van der Waals surface area contributed by atoms with Crippen LogP contribution in [0.1, 0.15) is 25.0 Å². The maximum Gasteiger partial charge on any atom is 0.330 e. The number of nitrogen functional groups attached to an aromatic ring is 1. The molecule has 0 bridgehead atoms. The van der Waals surface area contributed by atoms with E-state index in [1.807, 2.05) is 60.7 Å². The van der Waals surface area contributed by atoms with Crippen LogP contribution < -0.4 is 27.2 Å². The molecule has 0 saturated heterocycles. The Labute approximate surface area is 197 Å². The lowest BCUT2D eigenvalue weighted by Gasteiger charge is -2.25. The molecular formula is C25H29N5O4. The molecule has 0 fully saturated rings. The van der Waals surface area contributed by atoms with E-state index in [0.717, 1.165) is 11.1 Å². The molecule has 0 aliphatic rings. The summed E-state index contributed by atoms with van der Waals surface area (Å²) < 4.78 is 1.26. The van der Waals surface area contributed by atoms with E-state index in [0.29, 0.717) is 6.42 Å². The van der Waals surface area contributed by atoms with Gasteiger partial charge in [0.15, 0.2) is 5.78 Å². The average Bonchev–Trinajstić information content (AvgIpc) is 2.81. The standard InChI is InChI=1S/C25H29N5O4/c1-3-29(16-21(32)27-20(17(2)31)14-18-10-6-4-7-11-18)22-23(26)30(25(34)28-24(22)33)15-19-12-8-5-9-13-19/h4-13,20H,3,14-16,26H2,1-2H3,(H,27,32)(H,28,33,34). The SMILES string of the molecule is CCN(CC(=O)NC(Cc1ccccc1)C(C)=O)c1c(N)n(Cc2ccccc2)c(=O)[nH]c1=O. The third kappa shape index (κ3) is 6.00. The first kappa shape index (κ1) is 24.5. The molecule has 1 unspecified atom stereocenters. The maximum absolute atomic E-state index is 12.8. The van der Waals surface area contributed by atoms with Crippen molar-refractivity contribution in [3.8, 4) is 0 Å². The summed E-state index contributed by atoms with van der Waals surface area (Å²) in [5, 5.41) is 2.75. The van der Waals surface area contributed by atoms with Crippen LogP contribution >= 0.6 is 0 Å². The molecule has 1 atom stereocenters. The highest BCUT2D eigenvalue weighted by molar-refractivity contribution is 5.89. The number of benzene rings is 2. The van der Waals surface area contributed by atoms with E-state index in [1.54, 1.807) is 6.92 Å². The molecule has 3 aromatic rings. The van der Waals surface area contributed by atoms with E-state index < -0.39 is 23.2 Å². The smallest absolute Gasteiger partial charge is 0.330 e. The molecule has 34 heavy (non-hydrogen) atoms. The number of hydrogen-bond donors (Lipinski definition) is 3. The third-order valence-electron chi connectivity index (χ3n) is 5.54. The largest absolute Gasteiger partial charge is 0.383 e. The predicted molar refractivity (Wildman–Crippen MR) is 132 cm³/mol. The van der Waals surface area contributed by atoms with Crippen LogP contribution in [0.4, 0.5) is 11.5 Å². The second-order valence-corrected chi connectivity index (χ2v) is 8.00. The minimum absolute atomic E-state index is 0.0281. The highest BCUT2D eigenvalue weighted by Gasteiger charge is 2.23. The molecule has 0 radical (unpaired) electrons.